The predicted molar refractivity (Wildman–Crippen MR) is 134 cm³/mol. The zero-order valence-corrected chi connectivity index (χ0v) is 22.3. The number of nitrogens with two attached hydrogens (primary N) is 1. The van der Waals surface area contributed by atoms with Gasteiger partial charge in [0.25, 0.3) is 0 Å². The number of fused-ring (bicyclic) bond motifs is 1. The molecule has 4 rings (SSSR count). The molecule has 2 aromatic carbocycles. The number of ether oxygens (including phenoxy) is 1. The van der Waals surface area contributed by atoms with Gasteiger partial charge in [-0.05, 0) is 55.4 Å². The first-order valence-corrected chi connectivity index (χ1v) is 12.6. The highest BCUT2D eigenvalue weighted by atomic mass is 35.5. The van der Waals surface area contributed by atoms with E-state index in [0.717, 1.165) is 0 Å². The summed E-state index contributed by atoms with van der Waals surface area (Å²) in [7, 11) is 0. The van der Waals surface area contributed by atoms with E-state index in [1.807, 2.05) is 4.90 Å². The van der Waals surface area contributed by atoms with E-state index in [-0.39, 0.29) is 32.5 Å². The number of esters is 1. The first-order valence-electron chi connectivity index (χ1n) is 11.8. The van der Waals surface area contributed by atoms with Crippen LogP contribution in [0.2, 0.25) is 10.0 Å². The fraction of sp³-hybridized carbons (Fsp3) is 0.519. The predicted octanol–water partition coefficient (Wildman–Crippen LogP) is 6.63. The Morgan fingerprint density at radius 1 is 1.17 bits per heavy atom. The van der Waals surface area contributed by atoms with Crippen LogP contribution >= 0.6 is 23.2 Å². The van der Waals surface area contributed by atoms with Gasteiger partial charge in [0.15, 0.2) is 5.72 Å². The standard InChI is InChI=1S/C27H32Cl2F2N2O2/c1-14(2)25(3,4)13-20-27(32,17-11-10-15(28)12-19(17)30)21(16-8-7-9-18(29)22(16)31)23-24(34)35-26(5,6)33(20)23/h7-12,14,20-21,23H,13,32H2,1-6H3. The van der Waals surface area contributed by atoms with Crippen LogP contribution in [0.3, 0.4) is 0 Å². The van der Waals surface area contributed by atoms with Crippen molar-refractivity contribution in [1.82, 2.24) is 4.90 Å². The molecule has 8 heteroatoms. The van der Waals surface area contributed by atoms with Crippen molar-refractivity contribution in [3.05, 3.63) is 69.2 Å². The maximum atomic E-state index is 15.6. The number of hydrogen-bond donors (Lipinski definition) is 1. The number of nitrogens with zero attached hydrogens (tertiary/aromatic N) is 1. The fourth-order valence-corrected chi connectivity index (χ4v) is 6.09. The molecular weight excluding hydrogens is 493 g/mol. The van der Waals surface area contributed by atoms with E-state index >= 15 is 8.78 Å². The van der Waals surface area contributed by atoms with E-state index in [9.17, 15) is 4.79 Å². The molecule has 190 valence electrons. The Hall–Kier alpha value is -1.73. The number of hydrogen-bond acceptors (Lipinski definition) is 4. The van der Waals surface area contributed by atoms with Gasteiger partial charge in [0.1, 0.15) is 17.7 Å². The summed E-state index contributed by atoms with van der Waals surface area (Å²) in [6, 6.07) is 7.44. The van der Waals surface area contributed by atoms with E-state index in [2.05, 4.69) is 27.7 Å². The summed E-state index contributed by atoms with van der Waals surface area (Å²) in [5.74, 6) is -2.51. The third-order valence-electron chi connectivity index (χ3n) is 8.23. The van der Waals surface area contributed by atoms with Gasteiger partial charge in [-0.1, -0.05) is 69.1 Å². The van der Waals surface area contributed by atoms with Gasteiger partial charge in [-0.25, -0.2) is 13.7 Å². The second-order valence-electron chi connectivity index (χ2n) is 11.3. The first kappa shape index (κ1) is 26.3. The molecule has 35 heavy (non-hydrogen) atoms. The smallest absolute Gasteiger partial charge is 0.325 e. The van der Waals surface area contributed by atoms with Gasteiger partial charge in [0.2, 0.25) is 0 Å². The highest BCUT2D eigenvalue weighted by molar-refractivity contribution is 6.31. The molecule has 2 N–H and O–H groups in total. The molecule has 0 amide bonds. The van der Waals surface area contributed by atoms with E-state index < -0.39 is 46.9 Å². The zero-order chi connectivity index (χ0) is 26.1. The van der Waals surface area contributed by atoms with Crippen LogP contribution in [0.25, 0.3) is 0 Å². The van der Waals surface area contributed by atoms with E-state index in [1.165, 1.54) is 12.1 Å². The lowest BCUT2D eigenvalue weighted by atomic mass is 9.66. The molecule has 2 aliphatic rings. The Labute approximate surface area is 215 Å². The normalized spacial score (nSPS) is 28.5. The zero-order valence-electron chi connectivity index (χ0n) is 20.8. The van der Waals surface area contributed by atoms with Gasteiger partial charge < -0.3 is 10.5 Å². The second-order valence-corrected chi connectivity index (χ2v) is 12.1. The van der Waals surface area contributed by atoms with Crippen LogP contribution in [-0.4, -0.2) is 28.7 Å². The fourth-order valence-electron chi connectivity index (χ4n) is 5.75. The second kappa shape index (κ2) is 8.69. The lowest BCUT2D eigenvalue weighted by Crippen LogP contribution is -2.57. The van der Waals surface area contributed by atoms with Crippen LogP contribution in [0.5, 0.6) is 0 Å². The molecule has 0 spiro atoms. The minimum Gasteiger partial charge on any atom is -0.443 e. The van der Waals surface area contributed by atoms with E-state index in [4.69, 9.17) is 33.7 Å². The average molecular weight is 525 g/mol. The van der Waals surface area contributed by atoms with Crippen molar-refractivity contribution in [1.29, 1.82) is 0 Å². The molecule has 2 saturated heterocycles. The minimum atomic E-state index is -1.49. The van der Waals surface area contributed by atoms with Crippen molar-refractivity contribution in [2.24, 2.45) is 17.1 Å². The largest absolute Gasteiger partial charge is 0.443 e. The number of halogens is 4. The van der Waals surface area contributed by atoms with Gasteiger partial charge in [-0.2, -0.15) is 0 Å². The molecule has 2 aliphatic heterocycles. The summed E-state index contributed by atoms with van der Waals surface area (Å²) in [5, 5.41) is 0.127. The topological polar surface area (TPSA) is 55.6 Å². The minimum absolute atomic E-state index is 0.0930. The maximum Gasteiger partial charge on any atom is 0.325 e. The maximum absolute atomic E-state index is 15.6. The molecule has 4 atom stereocenters. The Kier molecular flexibility index (Phi) is 6.54. The van der Waals surface area contributed by atoms with Crippen LogP contribution in [0, 0.1) is 23.0 Å². The Balaban J connectivity index is 2.06. The third-order valence-corrected chi connectivity index (χ3v) is 8.75. The van der Waals surface area contributed by atoms with Crippen LogP contribution in [-0.2, 0) is 15.1 Å². The van der Waals surface area contributed by atoms with Crippen LogP contribution < -0.4 is 5.73 Å². The SMILES string of the molecule is CC(C)C(C)(C)CC1N2C(C(=O)OC2(C)C)C(c2cccc(Cl)c2F)C1(N)c1ccc(Cl)cc1F. The molecule has 0 aliphatic carbocycles. The number of carbonyl (C=O) groups excluding carboxylic acids is 1. The van der Waals surface area contributed by atoms with Crippen molar-refractivity contribution in [2.45, 2.75) is 77.2 Å². The Bertz CT molecular complexity index is 1170. The van der Waals surface area contributed by atoms with Crippen molar-refractivity contribution in [3.8, 4) is 0 Å². The summed E-state index contributed by atoms with van der Waals surface area (Å²) < 4.78 is 37.0. The van der Waals surface area contributed by atoms with Crippen molar-refractivity contribution in [2.75, 3.05) is 0 Å². The van der Waals surface area contributed by atoms with Gasteiger partial charge in [-0.15, -0.1) is 0 Å². The summed E-state index contributed by atoms with van der Waals surface area (Å²) >= 11 is 12.2. The van der Waals surface area contributed by atoms with Crippen molar-refractivity contribution in [3.63, 3.8) is 0 Å². The van der Waals surface area contributed by atoms with Gasteiger partial charge in [0, 0.05) is 22.5 Å². The average Bonchev–Trinajstić information content (AvgIpc) is 3.12. The Morgan fingerprint density at radius 2 is 1.83 bits per heavy atom. The summed E-state index contributed by atoms with van der Waals surface area (Å²) in [6.07, 6.45) is 0.512. The highest BCUT2D eigenvalue weighted by Crippen LogP contribution is 2.58. The van der Waals surface area contributed by atoms with E-state index in [1.54, 1.807) is 38.1 Å². The van der Waals surface area contributed by atoms with Gasteiger partial charge in [-0.3, -0.25) is 4.79 Å². The molecule has 4 unspecified atom stereocenters. The highest BCUT2D eigenvalue weighted by Gasteiger charge is 2.69. The van der Waals surface area contributed by atoms with Crippen LogP contribution in [0.4, 0.5) is 8.78 Å². The number of rotatable bonds is 5. The van der Waals surface area contributed by atoms with Gasteiger partial charge in [0.05, 0.1) is 10.6 Å². The lowest BCUT2D eigenvalue weighted by Gasteiger charge is -2.45. The number of benzene rings is 2. The molecule has 0 saturated carbocycles. The van der Waals surface area contributed by atoms with Crippen LogP contribution in [0.15, 0.2) is 36.4 Å². The molecule has 4 nitrogen and oxygen atoms in total. The van der Waals surface area contributed by atoms with Crippen molar-refractivity contribution < 1.29 is 18.3 Å². The monoisotopic (exact) mass is 524 g/mol. The molecule has 2 aromatic rings. The lowest BCUT2D eigenvalue weighted by molar-refractivity contribution is -0.153. The van der Waals surface area contributed by atoms with E-state index in [0.29, 0.717) is 6.42 Å². The van der Waals surface area contributed by atoms with Gasteiger partial charge >= 0.3 is 5.97 Å². The summed E-state index contributed by atoms with van der Waals surface area (Å²) in [5.41, 5.74) is 4.87. The molecule has 2 heterocycles. The molecule has 0 bridgehead atoms. The van der Waals surface area contributed by atoms with Crippen molar-refractivity contribution >= 4 is 29.2 Å². The molecular formula is C27H32Cl2F2N2O2. The summed E-state index contributed by atoms with van der Waals surface area (Å²) in [4.78, 5) is 15.3. The molecule has 0 radical (unpaired) electrons. The number of cyclic esters (lactones) is 1. The Morgan fingerprint density at radius 3 is 2.43 bits per heavy atom. The summed E-state index contributed by atoms with van der Waals surface area (Å²) in [6.45, 7) is 12.0. The number of carbonyl (C=O) groups is 1. The quantitative estimate of drug-likeness (QED) is 0.446. The molecule has 2 fully saturated rings. The first-order chi connectivity index (χ1) is 16.1. The van der Waals surface area contributed by atoms with Crippen LogP contribution in [0.1, 0.15) is 65.0 Å². The third kappa shape index (κ3) is 4.07. The molecule has 0 aromatic heterocycles.